The first-order valence-corrected chi connectivity index (χ1v) is 11.6. The molecule has 0 aliphatic carbocycles. The Bertz CT molecular complexity index is 1300. The fourth-order valence-corrected chi connectivity index (χ4v) is 4.15. The summed E-state index contributed by atoms with van der Waals surface area (Å²) in [4.78, 5) is 15.7. The van der Waals surface area contributed by atoms with Gasteiger partial charge < -0.3 is 20.1 Å². The topological polar surface area (TPSA) is 104 Å². The highest BCUT2D eigenvalue weighted by Gasteiger charge is 2.22. The number of pyridine rings is 1. The Labute approximate surface area is 206 Å². The van der Waals surface area contributed by atoms with Gasteiger partial charge in [0.25, 0.3) is 5.88 Å². The zero-order valence-corrected chi connectivity index (χ0v) is 20.0. The summed E-state index contributed by atoms with van der Waals surface area (Å²) in [5.41, 5.74) is 8.22. The van der Waals surface area contributed by atoms with Crippen LogP contribution >= 0.6 is 23.2 Å². The number of piperidine rings is 1. The molecule has 1 aliphatic heterocycles. The third-order valence-electron chi connectivity index (χ3n) is 5.77. The minimum absolute atomic E-state index is 0.151. The number of ether oxygens (including phenoxy) is 2. The minimum Gasteiger partial charge on any atom is -0.497 e. The summed E-state index contributed by atoms with van der Waals surface area (Å²) in [6.07, 6.45) is 5.10. The van der Waals surface area contributed by atoms with E-state index in [1.807, 2.05) is 24.3 Å². The molecule has 0 amide bonds. The van der Waals surface area contributed by atoms with Gasteiger partial charge in [-0.05, 0) is 30.5 Å². The van der Waals surface area contributed by atoms with Crippen molar-refractivity contribution in [2.75, 3.05) is 25.1 Å². The highest BCUT2D eigenvalue weighted by Crippen LogP contribution is 2.35. The highest BCUT2D eigenvalue weighted by atomic mass is 35.5. The Morgan fingerprint density at radius 2 is 1.85 bits per heavy atom. The van der Waals surface area contributed by atoms with Gasteiger partial charge in [-0.2, -0.15) is 0 Å². The summed E-state index contributed by atoms with van der Waals surface area (Å²) >= 11 is 12.3. The van der Waals surface area contributed by atoms with Crippen LogP contribution in [0.15, 0.2) is 42.7 Å². The van der Waals surface area contributed by atoms with Crippen LogP contribution in [0.1, 0.15) is 18.4 Å². The lowest BCUT2D eigenvalue weighted by atomic mass is 10.1. The van der Waals surface area contributed by atoms with E-state index in [4.69, 9.17) is 43.4 Å². The van der Waals surface area contributed by atoms with Crippen LogP contribution in [0.25, 0.3) is 11.2 Å². The van der Waals surface area contributed by atoms with E-state index in [1.54, 1.807) is 24.1 Å². The molecule has 4 heterocycles. The monoisotopic (exact) mass is 499 g/mol. The van der Waals surface area contributed by atoms with E-state index in [9.17, 15) is 0 Å². The summed E-state index contributed by atoms with van der Waals surface area (Å²) in [6, 6.07) is 9.63. The lowest BCUT2D eigenvalue weighted by molar-refractivity contribution is 0.414. The smallest absolute Gasteiger partial charge is 0.266 e. The lowest BCUT2D eigenvalue weighted by Crippen LogP contribution is -2.40. The Balaban J connectivity index is 1.54. The predicted octanol–water partition coefficient (Wildman–Crippen LogP) is 4.30. The van der Waals surface area contributed by atoms with E-state index in [0.29, 0.717) is 23.5 Å². The molecule has 4 aromatic rings. The minimum atomic E-state index is 0.151. The normalized spacial score (nSPS) is 14.5. The molecule has 2 N–H and O–H groups in total. The lowest BCUT2D eigenvalue weighted by Gasteiger charge is -2.30. The number of halogens is 2. The molecule has 0 spiro atoms. The molecular formula is C23H23Cl2N7O2. The van der Waals surface area contributed by atoms with Crippen molar-refractivity contribution in [2.45, 2.75) is 25.4 Å². The molecular weight excluding hydrogens is 477 g/mol. The summed E-state index contributed by atoms with van der Waals surface area (Å²) < 4.78 is 13.1. The van der Waals surface area contributed by atoms with E-state index >= 15 is 0 Å². The van der Waals surface area contributed by atoms with Gasteiger partial charge in [-0.1, -0.05) is 35.3 Å². The van der Waals surface area contributed by atoms with E-state index in [0.717, 1.165) is 43.1 Å². The summed E-state index contributed by atoms with van der Waals surface area (Å²) in [7, 11) is 1.64. The van der Waals surface area contributed by atoms with Crippen molar-refractivity contribution >= 4 is 40.2 Å². The number of fused-ring (bicyclic) bond motifs is 1. The number of rotatable bonds is 6. The third kappa shape index (κ3) is 4.59. The summed E-state index contributed by atoms with van der Waals surface area (Å²) in [5, 5.41) is 5.02. The van der Waals surface area contributed by atoms with Crippen LogP contribution in [0.5, 0.6) is 17.4 Å². The van der Waals surface area contributed by atoms with Gasteiger partial charge in [0.05, 0.1) is 19.9 Å². The quantitative estimate of drug-likeness (QED) is 0.391. The molecule has 0 radical (unpaired) electrons. The van der Waals surface area contributed by atoms with Crippen LogP contribution < -0.4 is 20.1 Å². The molecule has 1 aromatic carbocycles. The molecule has 5 rings (SSSR count). The number of benzene rings is 1. The maximum absolute atomic E-state index is 6.28. The molecule has 1 aliphatic rings. The molecule has 0 bridgehead atoms. The number of methoxy groups -OCH3 is 1. The zero-order chi connectivity index (χ0) is 23.7. The Morgan fingerprint density at radius 3 is 2.59 bits per heavy atom. The second-order valence-electron chi connectivity index (χ2n) is 8.05. The summed E-state index contributed by atoms with van der Waals surface area (Å²) in [6.45, 7) is 2.14. The second-order valence-corrected chi connectivity index (χ2v) is 8.79. The van der Waals surface area contributed by atoms with Gasteiger partial charge in [0.2, 0.25) is 0 Å². The van der Waals surface area contributed by atoms with E-state index in [2.05, 4.69) is 20.0 Å². The maximum Gasteiger partial charge on any atom is 0.266 e. The second kappa shape index (κ2) is 9.61. The van der Waals surface area contributed by atoms with Crippen LogP contribution in [0.2, 0.25) is 10.2 Å². The number of anilines is 1. The van der Waals surface area contributed by atoms with Crippen molar-refractivity contribution in [1.82, 2.24) is 24.7 Å². The van der Waals surface area contributed by atoms with Gasteiger partial charge >= 0.3 is 0 Å². The van der Waals surface area contributed by atoms with E-state index in [1.165, 1.54) is 6.20 Å². The van der Waals surface area contributed by atoms with Gasteiger partial charge in [0, 0.05) is 31.4 Å². The van der Waals surface area contributed by atoms with Gasteiger partial charge in [-0.25, -0.2) is 19.6 Å². The number of nitrogens with zero attached hydrogens (tertiary/aromatic N) is 6. The molecule has 3 aromatic heterocycles. The largest absolute Gasteiger partial charge is 0.497 e. The van der Waals surface area contributed by atoms with Gasteiger partial charge in [-0.3, -0.25) is 0 Å². The third-order valence-corrected chi connectivity index (χ3v) is 6.52. The van der Waals surface area contributed by atoms with Crippen LogP contribution in [0.4, 0.5) is 5.82 Å². The van der Waals surface area contributed by atoms with Crippen LogP contribution in [-0.4, -0.2) is 51.0 Å². The highest BCUT2D eigenvalue weighted by molar-refractivity contribution is 6.42. The van der Waals surface area contributed by atoms with Gasteiger partial charge in [0.1, 0.15) is 16.6 Å². The maximum atomic E-state index is 6.28. The molecule has 34 heavy (non-hydrogen) atoms. The first-order chi connectivity index (χ1) is 16.5. The van der Waals surface area contributed by atoms with E-state index in [-0.39, 0.29) is 22.1 Å². The molecule has 0 unspecified atom stereocenters. The number of nitrogens with two attached hydrogens (primary N) is 1. The van der Waals surface area contributed by atoms with Crippen LogP contribution in [0.3, 0.4) is 0 Å². The Hall–Kier alpha value is -3.14. The van der Waals surface area contributed by atoms with Crippen molar-refractivity contribution in [3.63, 3.8) is 0 Å². The fourth-order valence-electron chi connectivity index (χ4n) is 3.85. The van der Waals surface area contributed by atoms with E-state index < -0.39 is 0 Å². The van der Waals surface area contributed by atoms with Gasteiger partial charge in [-0.15, -0.1) is 5.10 Å². The average Bonchev–Trinajstić information content (AvgIpc) is 3.19. The zero-order valence-electron chi connectivity index (χ0n) is 18.5. The number of hydrogen-bond donors (Lipinski definition) is 1. The molecule has 11 heteroatoms. The van der Waals surface area contributed by atoms with Crippen molar-refractivity contribution in [2.24, 2.45) is 5.73 Å². The number of hydrogen-bond acceptors (Lipinski definition) is 8. The average molecular weight is 500 g/mol. The molecule has 1 fully saturated rings. The molecule has 176 valence electrons. The SMILES string of the molecule is COc1ccc(Cn2nc(Oc3ccnc(Cl)c3Cl)c3ncc(N4CCC(N)CC4)nc32)cc1. The Kier molecular flexibility index (Phi) is 6.40. The van der Waals surface area contributed by atoms with Crippen molar-refractivity contribution in [3.8, 4) is 17.4 Å². The van der Waals surface area contributed by atoms with Crippen molar-refractivity contribution in [1.29, 1.82) is 0 Å². The first kappa shape index (κ1) is 22.6. The van der Waals surface area contributed by atoms with Crippen LogP contribution in [-0.2, 0) is 6.54 Å². The first-order valence-electron chi connectivity index (χ1n) is 10.9. The number of aromatic nitrogens is 5. The molecule has 0 saturated carbocycles. The predicted molar refractivity (Wildman–Crippen MR) is 131 cm³/mol. The Morgan fingerprint density at radius 1 is 1.09 bits per heavy atom. The molecule has 1 saturated heterocycles. The van der Waals surface area contributed by atoms with Gasteiger partial charge in [0.15, 0.2) is 22.1 Å². The van der Waals surface area contributed by atoms with Crippen molar-refractivity contribution < 1.29 is 9.47 Å². The van der Waals surface area contributed by atoms with Crippen LogP contribution in [0, 0.1) is 0 Å². The molecule has 0 atom stereocenters. The summed E-state index contributed by atoms with van der Waals surface area (Å²) in [5.74, 6) is 2.19. The standard InChI is InChI=1S/C23H23Cl2N7O2/c1-33-16-4-2-14(3-5-16)13-32-22-20(23(30-32)34-17-6-9-27-21(25)19(17)24)28-12-18(29-22)31-10-7-15(26)8-11-31/h2-6,9,12,15H,7-8,10-11,13,26H2,1H3. The molecule has 9 nitrogen and oxygen atoms in total. The van der Waals surface area contributed by atoms with Crippen molar-refractivity contribution in [3.05, 3.63) is 58.5 Å². The fraction of sp³-hybridized carbons (Fsp3) is 0.304.